The van der Waals surface area contributed by atoms with Crippen LogP contribution in [0.4, 0.5) is 4.79 Å². The molecule has 6 nitrogen and oxygen atoms in total. The van der Waals surface area contributed by atoms with Crippen molar-refractivity contribution in [1.82, 2.24) is 4.90 Å². The van der Waals surface area contributed by atoms with Crippen LogP contribution in [0.2, 0.25) is 0 Å². The molecule has 0 saturated carbocycles. The molecule has 2 atom stereocenters. The molecule has 0 aromatic heterocycles. The number of likely N-dealkylation sites (tertiary alicyclic amines) is 1. The van der Waals surface area contributed by atoms with Gasteiger partial charge < -0.3 is 18.9 Å². The fraction of sp³-hybridized carbons (Fsp3) is 0.591. The Bertz CT molecular complexity index is 767. The van der Waals surface area contributed by atoms with Gasteiger partial charge in [-0.1, -0.05) is 6.07 Å². The number of allylic oxidation sites excluding steroid dienone is 1. The maximum Gasteiger partial charge on any atom is 0.514 e. The summed E-state index contributed by atoms with van der Waals surface area (Å²) in [6.07, 6.45) is 4.07. The summed E-state index contributed by atoms with van der Waals surface area (Å²) in [7, 11) is 5.41. The van der Waals surface area contributed by atoms with Crippen LogP contribution in [-0.2, 0) is 14.9 Å². The molecular weight excluding hydrogens is 358 g/mol. The quantitative estimate of drug-likeness (QED) is 0.717. The molecule has 0 radical (unpaired) electrons. The lowest BCUT2D eigenvalue weighted by atomic mass is 9.68. The highest BCUT2D eigenvalue weighted by molar-refractivity contribution is 5.62. The molecule has 0 amide bonds. The van der Waals surface area contributed by atoms with E-state index in [0.29, 0.717) is 12.2 Å². The summed E-state index contributed by atoms with van der Waals surface area (Å²) < 4.78 is 21.7. The molecular formula is C22H31NO5. The summed E-state index contributed by atoms with van der Waals surface area (Å²) in [6, 6.07) is 6.32. The molecule has 1 aliphatic carbocycles. The van der Waals surface area contributed by atoms with E-state index in [1.165, 1.54) is 5.56 Å². The number of nitrogens with zero attached hydrogens (tertiary/aromatic N) is 1. The van der Waals surface area contributed by atoms with E-state index >= 15 is 0 Å². The van der Waals surface area contributed by atoms with E-state index < -0.39 is 11.8 Å². The lowest BCUT2D eigenvalue weighted by Gasteiger charge is -2.40. The minimum absolute atomic E-state index is 0.0326. The van der Waals surface area contributed by atoms with Crippen LogP contribution in [0, 0.1) is 0 Å². The standard InChI is InChI=1S/C22H31NO5/c1-21(2,3)28-20(24)27-16-9-10-22(11-12-23(4)19(22)14-16)15-7-8-17(25-5)18(13-15)26-6/h7-8,13-14,19H,9-12H2,1-6H3. The smallest absolute Gasteiger partial charge is 0.493 e. The predicted octanol–water partition coefficient (Wildman–Crippen LogP) is 4.28. The van der Waals surface area contributed by atoms with E-state index in [9.17, 15) is 4.79 Å². The van der Waals surface area contributed by atoms with Gasteiger partial charge in [-0.3, -0.25) is 4.90 Å². The highest BCUT2D eigenvalue weighted by atomic mass is 16.7. The van der Waals surface area contributed by atoms with E-state index in [-0.39, 0.29) is 11.5 Å². The second-order valence-corrected chi connectivity index (χ2v) is 8.60. The number of ether oxygens (including phenoxy) is 4. The molecule has 1 aliphatic heterocycles. The first-order valence-electron chi connectivity index (χ1n) is 9.73. The van der Waals surface area contributed by atoms with Crippen molar-refractivity contribution in [2.45, 2.75) is 57.1 Å². The maximum atomic E-state index is 12.1. The number of benzene rings is 1. The van der Waals surface area contributed by atoms with Crippen LogP contribution >= 0.6 is 0 Å². The van der Waals surface area contributed by atoms with Crippen molar-refractivity contribution < 1.29 is 23.7 Å². The third kappa shape index (κ3) is 3.97. The Labute approximate surface area is 167 Å². The van der Waals surface area contributed by atoms with E-state index in [1.807, 2.05) is 26.8 Å². The molecule has 2 aliphatic rings. The highest BCUT2D eigenvalue weighted by Crippen LogP contribution is 2.49. The molecule has 0 bridgehead atoms. The summed E-state index contributed by atoms with van der Waals surface area (Å²) in [5.41, 5.74) is 0.627. The number of hydrogen-bond acceptors (Lipinski definition) is 6. The normalized spacial score (nSPS) is 24.9. The summed E-state index contributed by atoms with van der Waals surface area (Å²) in [5.74, 6) is 2.15. The number of hydrogen-bond donors (Lipinski definition) is 0. The second kappa shape index (κ2) is 7.66. The topological polar surface area (TPSA) is 57.2 Å². The Hall–Kier alpha value is -2.21. The van der Waals surface area contributed by atoms with Crippen molar-refractivity contribution in [1.29, 1.82) is 0 Å². The molecule has 28 heavy (non-hydrogen) atoms. The highest BCUT2D eigenvalue weighted by Gasteiger charge is 2.48. The molecule has 1 heterocycles. The van der Waals surface area contributed by atoms with Gasteiger partial charge >= 0.3 is 6.16 Å². The number of carbonyl (C=O) groups is 1. The average Bonchev–Trinajstić information content (AvgIpc) is 2.97. The number of methoxy groups -OCH3 is 2. The van der Waals surface area contributed by atoms with Crippen molar-refractivity contribution in [3.63, 3.8) is 0 Å². The molecule has 3 rings (SSSR count). The number of fused-ring (bicyclic) bond motifs is 1. The number of rotatable bonds is 4. The zero-order valence-corrected chi connectivity index (χ0v) is 17.7. The van der Waals surface area contributed by atoms with Crippen LogP contribution < -0.4 is 9.47 Å². The van der Waals surface area contributed by atoms with Crippen molar-refractivity contribution in [3.05, 3.63) is 35.6 Å². The molecule has 1 aromatic carbocycles. The van der Waals surface area contributed by atoms with E-state index in [4.69, 9.17) is 18.9 Å². The molecule has 154 valence electrons. The summed E-state index contributed by atoms with van der Waals surface area (Å²) >= 11 is 0. The van der Waals surface area contributed by atoms with Gasteiger partial charge in [0.15, 0.2) is 11.5 Å². The Morgan fingerprint density at radius 2 is 1.86 bits per heavy atom. The van der Waals surface area contributed by atoms with Crippen LogP contribution in [0.5, 0.6) is 11.5 Å². The molecule has 1 fully saturated rings. The molecule has 6 heteroatoms. The van der Waals surface area contributed by atoms with Gasteiger partial charge in [-0.15, -0.1) is 0 Å². The van der Waals surface area contributed by atoms with Crippen LogP contribution in [0.15, 0.2) is 30.0 Å². The molecule has 0 N–H and O–H groups in total. The Morgan fingerprint density at radius 1 is 1.14 bits per heavy atom. The number of carbonyl (C=O) groups excluding carboxylic acids is 1. The van der Waals surface area contributed by atoms with Gasteiger partial charge in [-0.2, -0.15) is 0 Å². The first kappa shape index (κ1) is 20.5. The Balaban J connectivity index is 1.87. The zero-order valence-electron chi connectivity index (χ0n) is 17.7. The maximum absolute atomic E-state index is 12.1. The summed E-state index contributed by atoms with van der Waals surface area (Å²) in [6.45, 7) is 6.47. The molecule has 0 spiro atoms. The molecule has 1 saturated heterocycles. The lowest BCUT2D eigenvalue weighted by molar-refractivity contribution is 0.00355. The van der Waals surface area contributed by atoms with Crippen molar-refractivity contribution in [2.24, 2.45) is 0 Å². The third-order valence-corrected chi connectivity index (χ3v) is 5.68. The van der Waals surface area contributed by atoms with Crippen molar-refractivity contribution in [2.75, 3.05) is 27.8 Å². The van der Waals surface area contributed by atoms with Crippen LogP contribution in [0.25, 0.3) is 0 Å². The minimum Gasteiger partial charge on any atom is -0.493 e. The Kier molecular flexibility index (Phi) is 5.62. The first-order chi connectivity index (χ1) is 13.2. The van der Waals surface area contributed by atoms with E-state index in [0.717, 1.165) is 30.9 Å². The zero-order chi connectivity index (χ0) is 20.5. The monoisotopic (exact) mass is 389 g/mol. The third-order valence-electron chi connectivity index (χ3n) is 5.68. The molecule has 1 aromatic rings. The second-order valence-electron chi connectivity index (χ2n) is 8.60. The van der Waals surface area contributed by atoms with Crippen molar-refractivity contribution in [3.8, 4) is 11.5 Å². The van der Waals surface area contributed by atoms with E-state index in [2.05, 4.69) is 30.2 Å². The van der Waals surface area contributed by atoms with Gasteiger partial charge in [0.25, 0.3) is 0 Å². The van der Waals surface area contributed by atoms with Gasteiger partial charge in [-0.25, -0.2) is 4.79 Å². The lowest BCUT2D eigenvalue weighted by Crippen LogP contribution is -2.42. The largest absolute Gasteiger partial charge is 0.514 e. The predicted molar refractivity (Wildman–Crippen MR) is 107 cm³/mol. The Morgan fingerprint density at radius 3 is 2.50 bits per heavy atom. The number of likely N-dealkylation sites (N-methyl/N-ethyl adjacent to an activating group) is 1. The van der Waals surface area contributed by atoms with Crippen molar-refractivity contribution >= 4 is 6.16 Å². The van der Waals surface area contributed by atoms with Gasteiger partial charge in [0.05, 0.1) is 14.2 Å². The van der Waals surface area contributed by atoms with Crippen LogP contribution in [0.1, 0.15) is 45.6 Å². The van der Waals surface area contributed by atoms with Crippen LogP contribution in [0.3, 0.4) is 0 Å². The van der Waals surface area contributed by atoms with E-state index in [1.54, 1.807) is 14.2 Å². The SMILES string of the molecule is COc1ccc(C23CCC(OC(=O)OC(C)(C)C)=CC2N(C)CC3)cc1OC. The minimum atomic E-state index is -0.641. The van der Waals surface area contributed by atoms with Gasteiger partial charge in [0, 0.05) is 17.9 Å². The summed E-state index contributed by atoms with van der Waals surface area (Å²) in [5, 5.41) is 0. The fourth-order valence-corrected chi connectivity index (χ4v) is 4.32. The molecule has 2 unspecified atom stereocenters. The average molecular weight is 389 g/mol. The van der Waals surface area contributed by atoms with Gasteiger partial charge in [0.2, 0.25) is 0 Å². The van der Waals surface area contributed by atoms with Crippen LogP contribution in [-0.4, -0.2) is 50.5 Å². The summed E-state index contributed by atoms with van der Waals surface area (Å²) in [4.78, 5) is 14.4. The fourth-order valence-electron chi connectivity index (χ4n) is 4.32. The van der Waals surface area contributed by atoms with Gasteiger partial charge in [-0.05, 0) is 71.0 Å². The van der Waals surface area contributed by atoms with Gasteiger partial charge in [0.1, 0.15) is 11.4 Å². The first-order valence-corrected chi connectivity index (χ1v) is 9.73.